The molecule has 0 atom stereocenters. The molecule has 0 N–H and O–H groups in total. The number of carbonyl (C=O) groups excluding carboxylic acids is 1. The summed E-state index contributed by atoms with van der Waals surface area (Å²) >= 11 is 0. The summed E-state index contributed by atoms with van der Waals surface area (Å²) in [4.78, 5) is 15.4. The molecule has 0 saturated carbocycles. The van der Waals surface area contributed by atoms with E-state index in [1.165, 1.54) is 10.8 Å². The fraction of sp³-hybridized carbons (Fsp3) is 0.148. The van der Waals surface area contributed by atoms with Crippen molar-refractivity contribution in [1.29, 1.82) is 0 Å². The second-order valence-electron chi connectivity index (χ2n) is 7.73. The van der Waals surface area contributed by atoms with Gasteiger partial charge in [0.25, 0.3) is 0 Å². The molecule has 4 aromatic rings. The lowest BCUT2D eigenvalue weighted by molar-refractivity contribution is 0.104. The molecule has 0 aliphatic carbocycles. The first-order chi connectivity index (χ1) is 14.7. The predicted octanol–water partition coefficient (Wildman–Crippen LogP) is 6.74. The Morgan fingerprint density at radius 3 is 2.53 bits per heavy atom. The number of allylic oxidation sites excluding steroid dienone is 1. The van der Waals surface area contributed by atoms with Crippen LogP contribution < -0.4 is 4.90 Å². The first-order valence-electron chi connectivity index (χ1n) is 10.5. The Bertz CT molecular complexity index is 1330. The third kappa shape index (κ3) is 2.78. The van der Waals surface area contributed by atoms with E-state index in [0.29, 0.717) is 0 Å². The van der Waals surface area contributed by atoms with Crippen molar-refractivity contribution in [2.45, 2.75) is 19.8 Å². The van der Waals surface area contributed by atoms with Gasteiger partial charge in [0.15, 0.2) is 0 Å². The average molecular weight is 393 g/mol. The Balaban J connectivity index is 1.66. The molecule has 3 nitrogen and oxygen atoms in total. The van der Waals surface area contributed by atoms with Crippen LogP contribution in [0.3, 0.4) is 0 Å². The van der Waals surface area contributed by atoms with Crippen molar-refractivity contribution in [3.05, 3.63) is 90.1 Å². The fourth-order valence-electron chi connectivity index (χ4n) is 4.46. The fourth-order valence-corrected chi connectivity index (χ4v) is 4.46. The van der Waals surface area contributed by atoms with Gasteiger partial charge < -0.3 is 9.47 Å². The molecular weight excluding hydrogens is 368 g/mol. The number of anilines is 1. The first-order valence-corrected chi connectivity index (χ1v) is 10.5. The summed E-state index contributed by atoms with van der Waals surface area (Å²) in [5.74, 6) is 0.107. The molecule has 0 unspecified atom stereocenters. The molecule has 30 heavy (non-hydrogen) atoms. The van der Waals surface area contributed by atoms with Crippen LogP contribution >= 0.6 is 0 Å². The van der Waals surface area contributed by atoms with Gasteiger partial charge in [-0.2, -0.15) is 0 Å². The van der Waals surface area contributed by atoms with Gasteiger partial charge in [0.2, 0.25) is 5.78 Å². The highest BCUT2D eigenvalue weighted by atomic mass is 16.1. The number of ketones is 1. The molecule has 0 radical (unpaired) electrons. The Kier molecular flexibility index (Phi) is 4.51. The van der Waals surface area contributed by atoms with Crippen LogP contribution in [-0.4, -0.2) is 16.9 Å². The van der Waals surface area contributed by atoms with Crippen molar-refractivity contribution in [1.82, 2.24) is 4.57 Å². The van der Waals surface area contributed by atoms with Crippen molar-refractivity contribution >= 4 is 45.6 Å². The molecule has 0 spiro atoms. The summed E-state index contributed by atoms with van der Waals surface area (Å²) in [5, 5.41) is 2.36. The zero-order valence-electron chi connectivity index (χ0n) is 17.1. The van der Waals surface area contributed by atoms with Crippen LogP contribution in [0.25, 0.3) is 34.1 Å². The Morgan fingerprint density at radius 2 is 1.70 bits per heavy atom. The van der Waals surface area contributed by atoms with Crippen LogP contribution in [0.1, 0.15) is 35.7 Å². The Hall–Kier alpha value is -3.59. The third-order valence-corrected chi connectivity index (χ3v) is 5.92. The SMILES string of the molecule is C=Cn1c2ccccc2c2cc(C=C3C(=O)c4ccccc4N3CCCC)ccc21. The largest absolute Gasteiger partial charge is 0.338 e. The number of nitrogens with zero attached hydrogens (tertiary/aromatic N) is 2. The molecular formula is C27H24N2O. The topological polar surface area (TPSA) is 25.2 Å². The highest BCUT2D eigenvalue weighted by Crippen LogP contribution is 2.36. The van der Waals surface area contributed by atoms with Gasteiger partial charge in [-0.25, -0.2) is 0 Å². The number of carbonyl (C=O) groups is 1. The molecule has 0 fully saturated rings. The number of hydrogen-bond donors (Lipinski definition) is 0. The summed E-state index contributed by atoms with van der Waals surface area (Å²) in [7, 11) is 0. The van der Waals surface area contributed by atoms with Gasteiger partial charge in [-0.05, 0) is 48.4 Å². The van der Waals surface area contributed by atoms with Gasteiger partial charge in [0, 0.05) is 29.1 Å². The molecule has 1 aliphatic heterocycles. The van der Waals surface area contributed by atoms with Gasteiger partial charge in [0.05, 0.1) is 22.4 Å². The van der Waals surface area contributed by atoms with E-state index in [1.807, 2.05) is 42.6 Å². The van der Waals surface area contributed by atoms with Crippen molar-refractivity contribution in [3.63, 3.8) is 0 Å². The molecule has 5 rings (SSSR count). The summed E-state index contributed by atoms with van der Waals surface area (Å²) in [6, 6.07) is 22.7. The standard InChI is InChI=1S/C27H24N2O/c1-3-5-16-29-24-13-9-7-11-21(24)27(30)26(29)18-19-14-15-25-22(17-19)20-10-6-8-12-23(20)28(25)4-2/h4,6-15,17-18H,2-3,5,16H2,1H3. The Morgan fingerprint density at radius 1 is 0.933 bits per heavy atom. The molecule has 1 aromatic heterocycles. The summed E-state index contributed by atoms with van der Waals surface area (Å²) < 4.78 is 2.12. The molecule has 0 bridgehead atoms. The van der Waals surface area contributed by atoms with Crippen molar-refractivity contribution < 1.29 is 4.79 Å². The smallest absolute Gasteiger partial charge is 0.211 e. The molecule has 0 amide bonds. The number of fused-ring (bicyclic) bond motifs is 4. The van der Waals surface area contributed by atoms with Gasteiger partial charge >= 0.3 is 0 Å². The van der Waals surface area contributed by atoms with Gasteiger partial charge in [-0.1, -0.05) is 56.3 Å². The Labute approximate surface area is 176 Å². The minimum Gasteiger partial charge on any atom is -0.338 e. The molecule has 1 aliphatic rings. The van der Waals surface area contributed by atoms with Crippen molar-refractivity contribution in [2.24, 2.45) is 0 Å². The molecule has 3 aromatic carbocycles. The van der Waals surface area contributed by atoms with E-state index >= 15 is 0 Å². The highest BCUT2D eigenvalue weighted by molar-refractivity contribution is 6.21. The highest BCUT2D eigenvalue weighted by Gasteiger charge is 2.31. The lowest BCUT2D eigenvalue weighted by Gasteiger charge is -2.20. The molecule has 2 heterocycles. The summed E-state index contributed by atoms with van der Waals surface area (Å²) in [5.41, 5.74) is 5.87. The lowest BCUT2D eigenvalue weighted by Crippen LogP contribution is -2.21. The van der Waals surface area contributed by atoms with E-state index in [2.05, 4.69) is 59.4 Å². The number of aromatic nitrogens is 1. The van der Waals surface area contributed by atoms with E-state index in [1.54, 1.807) is 0 Å². The number of hydrogen-bond acceptors (Lipinski definition) is 2. The maximum Gasteiger partial charge on any atom is 0.211 e. The second-order valence-corrected chi connectivity index (χ2v) is 7.73. The van der Waals surface area contributed by atoms with Crippen LogP contribution in [0.15, 0.2) is 79.0 Å². The van der Waals surface area contributed by atoms with Crippen LogP contribution in [0, 0.1) is 0 Å². The van der Waals surface area contributed by atoms with Crippen molar-refractivity contribution in [3.8, 4) is 0 Å². The zero-order valence-corrected chi connectivity index (χ0v) is 17.1. The lowest BCUT2D eigenvalue weighted by atomic mass is 10.1. The van der Waals surface area contributed by atoms with Crippen LogP contribution in [-0.2, 0) is 0 Å². The van der Waals surface area contributed by atoms with Gasteiger partial charge in [0.1, 0.15) is 0 Å². The van der Waals surface area contributed by atoms with Gasteiger partial charge in [-0.3, -0.25) is 4.79 Å². The first kappa shape index (κ1) is 18.4. The number of rotatable bonds is 5. The molecule has 3 heteroatoms. The van der Waals surface area contributed by atoms with Crippen LogP contribution in [0.4, 0.5) is 5.69 Å². The van der Waals surface area contributed by atoms with Gasteiger partial charge in [-0.15, -0.1) is 0 Å². The normalized spacial score (nSPS) is 14.8. The van der Waals surface area contributed by atoms with E-state index in [4.69, 9.17) is 0 Å². The maximum atomic E-state index is 13.2. The monoisotopic (exact) mass is 392 g/mol. The van der Waals surface area contributed by atoms with Crippen LogP contribution in [0.5, 0.6) is 0 Å². The summed E-state index contributed by atoms with van der Waals surface area (Å²) in [6.45, 7) is 7.01. The zero-order chi connectivity index (χ0) is 20.7. The maximum absolute atomic E-state index is 13.2. The number of benzene rings is 3. The van der Waals surface area contributed by atoms with Crippen molar-refractivity contribution in [2.75, 3.05) is 11.4 Å². The number of Topliss-reactive ketones (excluding diaryl/α,β-unsaturated/α-hetero) is 1. The molecule has 148 valence electrons. The van der Waals surface area contributed by atoms with E-state index < -0.39 is 0 Å². The predicted molar refractivity (Wildman–Crippen MR) is 127 cm³/mol. The number of unbranched alkanes of at least 4 members (excludes halogenated alkanes) is 1. The average Bonchev–Trinajstić information content (AvgIpc) is 3.24. The minimum absolute atomic E-state index is 0.107. The number of para-hydroxylation sites is 2. The second kappa shape index (κ2) is 7.34. The van der Waals surface area contributed by atoms with E-state index in [9.17, 15) is 4.79 Å². The van der Waals surface area contributed by atoms with E-state index in [-0.39, 0.29) is 5.78 Å². The summed E-state index contributed by atoms with van der Waals surface area (Å²) in [6.07, 6.45) is 6.03. The van der Waals surface area contributed by atoms with Crippen LogP contribution in [0.2, 0.25) is 0 Å². The third-order valence-electron chi connectivity index (χ3n) is 5.92. The minimum atomic E-state index is 0.107. The quantitative estimate of drug-likeness (QED) is 0.351. The van der Waals surface area contributed by atoms with E-state index in [0.717, 1.165) is 52.9 Å². The molecule has 0 saturated heterocycles.